The van der Waals surface area contributed by atoms with Crippen LogP contribution in [0.25, 0.3) is 0 Å². The van der Waals surface area contributed by atoms with Crippen LogP contribution < -0.4 is 5.73 Å². The SMILES string of the molecule is CCCOCC(N)c1noc(C(CC)c2ccccc2)n1. The molecule has 114 valence electrons. The molecule has 0 bridgehead atoms. The third-order valence-electron chi connectivity index (χ3n) is 3.34. The maximum atomic E-state index is 6.02. The van der Waals surface area contributed by atoms with Crippen molar-refractivity contribution >= 4 is 0 Å². The molecule has 0 fully saturated rings. The van der Waals surface area contributed by atoms with Gasteiger partial charge in [-0.2, -0.15) is 4.98 Å². The Hall–Kier alpha value is -1.72. The lowest BCUT2D eigenvalue weighted by Crippen LogP contribution is -2.19. The minimum atomic E-state index is -0.345. The molecule has 0 aliphatic heterocycles. The average molecular weight is 289 g/mol. The van der Waals surface area contributed by atoms with Crippen LogP contribution in [0.15, 0.2) is 34.9 Å². The molecule has 1 aromatic heterocycles. The zero-order valence-electron chi connectivity index (χ0n) is 12.7. The van der Waals surface area contributed by atoms with E-state index in [1.807, 2.05) is 18.2 Å². The molecule has 0 amide bonds. The van der Waals surface area contributed by atoms with Gasteiger partial charge in [0.05, 0.1) is 18.6 Å². The predicted molar refractivity (Wildman–Crippen MR) is 80.9 cm³/mol. The van der Waals surface area contributed by atoms with Crippen LogP contribution in [0.1, 0.15) is 55.9 Å². The van der Waals surface area contributed by atoms with Gasteiger partial charge in [-0.15, -0.1) is 0 Å². The van der Waals surface area contributed by atoms with E-state index in [-0.39, 0.29) is 12.0 Å². The lowest BCUT2D eigenvalue weighted by atomic mass is 9.96. The van der Waals surface area contributed by atoms with E-state index in [1.54, 1.807) is 0 Å². The van der Waals surface area contributed by atoms with Gasteiger partial charge in [0.25, 0.3) is 0 Å². The fourth-order valence-electron chi connectivity index (χ4n) is 2.21. The molecule has 0 saturated heterocycles. The van der Waals surface area contributed by atoms with Crippen molar-refractivity contribution in [2.75, 3.05) is 13.2 Å². The smallest absolute Gasteiger partial charge is 0.234 e. The van der Waals surface area contributed by atoms with E-state index >= 15 is 0 Å². The van der Waals surface area contributed by atoms with Crippen molar-refractivity contribution in [1.29, 1.82) is 0 Å². The molecule has 2 atom stereocenters. The summed E-state index contributed by atoms with van der Waals surface area (Å²) in [5, 5.41) is 4.00. The normalized spacial score (nSPS) is 14.0. The van der Waals surface area contributed by atoms with Gasteiger partial charge in [0.1, 0.15) is 0 Å². The monoisotopic (exact) mass is 289 g/mol. The zero-order chi connectivity index (χ0) is 15.1. The van der Waals surface area contributed by atoms with Crippen LogP contribution in [0.3, 0.4) is 0 Å². The molecule has 0 radical (unpaired) electrons. The molecule has 2 N–H and O–H groups in total. The Kier molecular flexibility index (Phi) is 5.90. The molecule has 21 heavy (non-hydrogen) atoms. The lowest BCUT2D eigenvalue weighted by molar-refractivity contribution is 0.119. The first-order valence-electron chi connectivity index (χ1n) is 7.48. The summed E-state index contributed by atoms with van der Waals surface area (Å²) in [7, 11) is 0. The Morgan fingerprint density at radius 3 is 2.67 bits per heavy atom. The Balaban J connectivity index is 2.07. The summed E-state index contributed by atoms with van der Waals surface area (Å²) in [6.45, 7) is 5.27. The molecule has 5 nitrogen and oxygen atoms in total. The number of nitrogens with zero attached hydrogens (tertiary/aromatic N) is 2. The molecular weight excluding hydrogens is 266 g/mol. The van der Waals surface area contributed by atoms with Crippen molar-refractivity contribution in [3.05, 3.63) is 47.6 Å². The number of nitrogens with two attached hydrogens (primary N) is 1. The number of aromatic nitrogens is 2. The molecule has 1 aromatic carbocycles. The Morgan fingerprint density at radius 1 is 1.24 bits per heavy atom. The zero-order valence-corrected chi connectivity index (χ0v) is 12.7. The van der Waals surface area contributed by atoms with Crippen LogP contribution in [0, 0.1) is 0 Å². The highest BCUT2D eigenvalue weighted by Crippen LogP contribution is 2.26. The lowest BCUT2D eigenvalue weighted by Gasteiger charge is -2.10. The summed E-state index contributed by atoms with van der Waals surface area (Å²) >= 11 is 0. The minimum Gasteiger partial charge on any atom is -0.379 e. The second-order valence-electron chi connectivity index (χ2n) is 5.04. The fraction of sp³-hybridized carbons (Fsp3) is 0.500. The van der Waals surface area contributed by atoms with Gasteiger partial charge in [-0.25, -0.2) is 0 Å². The second-order valence-corrected chi connectivity index (χ2v) is 5.04. The summed E-state index contributed by atoms with van der Waals surface area (Å²) in [6.07, 6.45) is 1.86. The molecule has 0 spiro atoms. The Labute approximate surface area is 125 Å². The molecule has 2 unspecified atom stereocenters. The van der Waals surface area contributed by atoms with Crippen LogP contribution >= 0.6 is 0 Å². The van der Waals surface area contributed by atoms with Gasteiger partial charge in [-0.05, 0) is 18.4 Å². The topological polar surface area (TPSA) is 74.2 Å². The van der Waals surface area contributed by atoms with Crippen LogP contribution in [-0.2, 0) is 4.74 Å². The number of rotatable bonds is 8. The Bertz CT molecular complexity index is 527. The maximum absolute atomic E-state index is 6.02. The van der Waals surface area contributed by atoms with Gasteiger partial charge in [0.2, 0.25) is 5.89 Å². The van der Waals surface area contributed by atoms with Crippen LogP contribution in [0.5, 0.6) is 0 Å². The molecule has 2 aromatic rings. The number of ether oxygens (including phenoxy) is 1. The van der Waals surface area contributed by atoms with E-state index in [4.69, 9.17) is 15.0 Å². The molecule has 0 aliphatic carbocycles. The molecule has 5 heteroatoms. The molecule has 1 heterocycles. The summed E-state index contributed by atoms with van der Waals surface area (Å²) < 4.78 is 10.8. The first-order valence-corrected chi connectivity index (χ1v) is 7.48. The predicted octanol–water partition coefficient (Wildman–Crippen LogP) is 3.04. The number of hydrogen-bond donors (Lipinski definition) is 1. The second kappa shape index (κ2) is 7.90. The van der Waals surface area contributed by atoms with Crippen molar-refractivity contribution in [1.82, 2.24) is 10.1 Å². The van der Waals surface area contributed by atoms with Gasteiger partial charge in [0.15, 0.2) is 5.82 Å². The van der Waals surface area contributed by atoms with Gasteiger partial charge < -0.3 is 15.0 Å². The van der Waals surface area contributed by atoms with E-state index in [0.717, 1.165) is 12.8 Å². The fourth-order valence-corrected chi connectivity index (χ4v) is 2.21. The van der Waals surface area contributed by atoms with E-state index in [1.165, 1.54) is 5.56 Å². The van der Waals surface area contributed by atoms with E-state index in [2.05, 4.69) is 36.1 Å². The largest absolute Gasteiger partial charge is 0.379 e. The minimum absolute atomic E-state index is 0.108. The first kappa shape index (κ1) is 15.7. The first-order chi connectivity index (χ1) is 10.3. The summed E-state index contributed by atoms with van der Waals surface area (Å²) in [5.74, 6) is 1.23. The van der Waals surface area contributed by atoms with Crippen molar-refractivity contribution < 1.29 is 9.26 Å². The summed E-state index contributed by atoms with van der Waals surface area (Å²) in [4.78, 5) is 4.45. The van der Waals surface area contributed by atoms with Gasteiger partial charge >= 0.3 is 0 Å². The van der Waals surface area contributed by atoms with E-state index < -0.39 is 0 Å². The maximum Gasteiger partial charge on any atom is 0.234 e. The van der Waals surface area contributed by atoms with Gasteiger partial charge in [-0.3, -0.25) is 0 Å². The van der Waals surface area contributed by atoms with E-state index in [9.17, 15) is 0 Å². The van der Waals surface area contributed by atoms with Crippen LogP contribution in [0.4, 0.5) is 0 Å². The Morgan fingerprint density at radius 2 is 2.00 bits per heavy atom. The van der Waals surface area contributed by atoms with Gasteiger partial charge in [-0.1, -0.05) is 49.3 Å². The third kappa shape index (κ3) is 4.12. The van der Waals surface area contributed by atoms with Crippen LogP contribution in [-0.4, -0.2) is 23.4 Å². The quantitative estimate of drug-likeness (QED) is 0.756. The molecular formula is C16H23N3O2. The van der Waals surface area contributed by atoms with Crippen molar-refractivity contribution in [3.63, 3.8) is 0 Å². The standard InChI is InChI=1S/C16H23N3O2/c1-3-10-20-11-14(17)15-18-16(21-19-15)13(4-2)12-8-6-5-7-9-12/h5-9,13-14H,3-4,10-11,17H2,1-2H3. The molecule has 2 rings (SSSR count). The highest BCUT2D eigenvalue weighted by atomic mass is 16.5. The highest BCUT2D eigenvalue weighted by Gasteiger charge is 2.21. The summed E-state index contributed by atoms with van der Waals surface area (Å²) in [5.41, 5.74) is 7.19. The third-order valence-corrected chi connectivity index (χ3v) is 3.34. The number of hydrogen-bond acceptors (Lipinski definition) is 5. The van der Waals surface area contributed by atoms with Crippen molar-refractivity contribution in [2.24, 2.45) is 5.73 Å². The number of benzene rings is 1. The molecule has 0 saturated carbocycles. The van der Waals surface area contributed by atoms with E-state index in [0.29, 0.717) is 24.9 Å². The van der Waals surface area contributed by atoms with Crippen LogP contribution in [0.2, 0.25) is 0 Å². The van der Waals surface area contributed by atoms with Crippen molar-refractivity contribution in [2.45, 2.75) is 38.6 Å². The highest BCUT2D eigenvalue weighted by molar-refractivity contribution is 5.24. The average Bonchev–Trinajstić information content (AvgIpc) is 2.99. The summed E-state index contributed by atoms with van der Waals surface area (Å²) in [6, 6.07) is 9.82. The molecule has 0 aliphatic rings. The van der Waals surface area contributed by atoms with Crippen molar-refractivity contribution in [3.8, 4) is 0 Å². The van der Waals surface area contributed by atoms with Gasteiger partial charge in [0, 0.05) is 6.61 Å².